The summed E-state index contributed by atoms with van der Waals surface area (Å²) in [6, 6.07) is 11.3. The molecule has 0 saturated heterocycles. The summed E-state index contributed by atoms with van der Waals surface area (Å²) in [7, 11) is 0. The molecular weight excluding hydrogens is 309 g/mol. The molecule has 2 aromatic carbocycles. The lowest BCUT2D eigenvalue weighted by Gasteiger charge is -2.29. The number of carbonyl (C=O) groups is 2. The number of aliphatic carboxylic acids is 1. The molecule has 1 aliphatic rings. The standard InChI is InChI=1S/C19H18FNO3/c1-19(2,18(23)24)12-4-7-14(8-5-12)21-17(22)16-9-11-3-6-13(20)10-15(11)16/h3-8,10,16H,9H2,1-2H3,(H,21,22)(H,23,24). The summed E-state index contributed by atoms with van der Waals surface area (Å²) < 4.78 is 13.3. The van der Waals surface area contributed by atoms with Gasteiger partial charge in [-0.25, -0.2) is 4.39 Å². The van der Waals surface area contributed by atoms with Crippen LogP contribution in [0.25, 0.3) is 0 Å². The van der Waals surface area contributed by atoms with E-state index in [1.165, 1.54) is 12.1 Å². The molecule has 0 heterocycles. The number of anilines is 1. The van der Waals surface area contributed by atoms with Gasteiger partial charge >= 0.3 is 5.97 Å². The number of hydrogen-bond acceptors (Lipinski definition) is 2. The maximum absolute atomic E-state index is 13.3. The number of carbonyl (C=O) groups excluding carboxylic acids is 1. The average molecular weight is 327 g/mol. The third-order valence-corrected chi connectivity index (χ3v) is 4.63. The molecule has 1 atom stereocenters. The minimum atomic E-state index is -0.993. The Morgan fingerprint density at radius 2 is 1.83 bits per heavy atom. The van der Waals surface area contributed by atoms with Crippen molar-refractivity contribution in [2.24, 2.45) is 0 Å². The Hall–Kier alpha value is -2.69. The van der Waals surface area contributed by atoms with E-state index in [1.54, 1.807) is 44.2 Å². The third kappa shape index (κ3) is 2.77. The van der Waals surface area contributed by atoms with E-state index in [-0.39, 0.29) is 17.6 Å². The van der Waals surface area contributed by atoms with E-state index in [2.05, 4.69) is 5.32 Å². The number of halogens is 1. The maximum atomic E-state index is 13.3. The van der Waals surface area contributed by atoms with Crippen molar-refractivity contribution in [2.45, 2.75) is 31.6 Å². The lowest BCUT2D eigenvalue weighted by atomic mass is 9.77. The van der Waals surface area contributed by atoms with Gasteiger partial charge in [-0.3, -0.25) is 9.59 Å². The number of fused-ring (bicyclic) bond motifs is 1. The predicted molar refractivity (Wildman–Crippen MR) is 88.6 cm³/mol. The fraction of sp³-hybridized carbons (Fsp3) is 0.263. The smallest absolute Gasteiger partial charge is 0.313 e. The van der Waals surface area contributed by atoms with Crippen LogP contribution in [0.15, 0.2) is 42.5 Å². The maximum Gasteiger partial charge on any atom is 0.313 e. The normalized spacial score (nSPS) is 16.0. The third-order valence-electron chi connectivity index (χ3n) is 4.63. The first-order valence-electron chi connectivity index (χ1n) is 7.72. The van der Waals surface area contributed by atoms with Gasteiger partial charge in [0.1, 0.15) is 5.82 Å². The Labute approximate surface area is 139 Å². The van der Waals surface area contributed by atoms with Gasteiger partial charge < -0.3 is 10.4 Å². The van der Waals surface area contributed by atoms with Crippen molar-refractivity contribution in [2.75, 3.05) is 5.32 Å². The molecule has 3 rings (SSSR count). The topological polar surface area (TPSA) is 66.4 Å². The average Bonchev–Trinajstić information content (AvgIpc) is 2.51. The van der Waals surface area contributed by atoms with Crippen LogP contribution in [0.3, 0.4) is 0 Å². The first-order chi connectivity index (χ1) is 11.3. The van der Waals surface area contributed by atoms with Crippen LogP contribution < -0.4 is 5.32 Å². The van der Waals surface area contributed by atoms with E-state index >= 15 is 0 Å². The van der Waals surface area contributed by atoms with Gasteiger partial charge in [-0.15, -0.1) is 0 Å². The van der Waals surface area contributed by atoms with Gasteiger partial charge in [0.15, 0.2) is 0 Å². The van der Waals surface area contributed by atoms with Gasteiger partial charge in [0.2, 0.25) is 5.91 Å². The summed E-state index contributed by atoms with van der Waals surface area (Å²) in [6.07, 6.45) is 0.603. The predicted octanol–water partition coefficient (Wildman–Crippen LogP) is 3.47. The number of amides is 1. The van der Waals surface area contributed by atoms with Crippen LogP contribution in [0, 0.1) is 5.82 Å². The van der Waals surface area contributed by atoms with Gasteiger partial charge in [0.25, 0.3) is 0 Å². The van der Waals surface area contributed by atoms with Crippen LogP contribution in [-0.4, -0.2) is 17.0 Å². The fourth-order valence-corrected chi connectivity index (χ4v) is 2.83. The SMILES string of the molecule is CC(C)(C(=O)O)c1ccc(NC(=O)C2Cc3ccc(F)cc32)cc1. The first kappa shape index (κ1) is 16.2. The Kier molecular flexibility index (Phi) is 3.87. The molecule has 1 unspecified atom stereocenters. The van der Waals surface area contributed by atoms with Crippen molar-refractivity contribution in [3.63, 3.8) is 0 Å². The van der Waals surface area contributed by atoms with Gasteiger partial charge in [0, 0.05) is 5.69 Å². The van der Waals surface area contributed by atoms with Crippen molar-refractivity contribution < 1.29 is 19.1 Å². The largest absolute Gasteiger partial charge is 0.481 e. The Morgan fingerprint density at radius 1 is 1.17 bits per heavy atom. The molecule has 2 N–H and O–H groups in total. The molecule has 0 bridgehead atoms. The fourth-order valence-electron chi connectivity index (χ4n) is 2.83. The van der Waals surface area contributed by atoms with Gasteiger partial charge in [-0.1, -0.05) is 18.2 Å². The number of benzene rings is 2. The highest BCUT2D eigenvalue weighted by molar-refractivity contribution is 5.97. The molecule has 0 spiro atoms. The zero-order valence-electron chi connectivity index (χ0n) is 13.5. The number of nitrogens with one attached hydrogen (secondary N) is 1. The van der Waals surface area contributed by atoms with Crippen molar-refractivity contribution in [3.05, 3.63) is 65.0 Å². The number of hydrogen-bond donors (Lipinski definition) is 2. The number of carboxylic acid groups (broad SMARTS) is 1. The zero-order chi connectivity index (χ0) is 17.5. The molecule has 1 aliphatic carbocycles. The van der Waals surface area contributed by atoms with Gasteiger partial charge in [-0.2, -0.15) is 0 Å². The van der Waals surface area contributed by atoms with Crippen LogP contribution in [0.1, 0.15) is 36.5 Å². The summed E-state index contributed by atoms with van der Waals surface area (Å²) in [4.78, 5) is 23.6. The Balaban J connectivity index is 1.71. The second-order valence-electron chi connectivity index (χ2n) is 6.60. The molecule has 0 fully saturated rings. The van der Waals surface area contributed by atoms with Crippen molar-refractivity contribution in [1.82, 2.24) is 0 Å². The van der Waals surface area contributed by atoms with Crippen molar-refractivity contribution >= 4 is 17.6 Å². The van der Waals surface area contributed by atoms with Gasteiger partial charge in [0.05, 0.1) is 11.3 Å². The summed E-state index contributed by atoms with van der Waals surface area (Å²) >= 11 is 0. The van der Waals surface area contributed by atoms with E-state index in [1.807, 2.05) is 0 Å². The molecule has 2 aromatic rings. The lowest BCUT2D eigenvalue weighted by molar-refractivity contribution is -0.142. The molecule has 1 amide bonds. The monoisotopic (exact) mass is 327 g/mol. The molecule has 5 heteroatoms. The Bertz CT molecular complexity index is 812. The van der Waals surface area contributed by atoms with E-state index in [0.717, 1.165) is 11.1 Å². The highest BCUT2D eigenvalue weighted by Crippen LogP contribution is 2.36. The summed E-state index contributed by atoms with van der Waals surface area (Å²) in [5, 5.41) is 12.0. The second kappa shape index (κ2) is 5.74. The molecule has 0 radical (unpaired) electrons. The van der Waals surface area contributed by atoms with Crippen LogP contribution in [-0.2, 0) is 21.4 Å². The summed E-state index contributed by atoms with van der Waals surface area (Å²) in [5.74, 6) is -1.77. The van der Waals surface area contributed by atoms with Crippen LogP contribution in [0.2, 0.25) is 0 Å². The van der Waals surface area contributed by atoms with Crippen LogP contribution >= 0.6 is 0 Å². The molecule has 0 aliphatic heterocycles. The molecule has 0 saturated carbocycles. The minimum Gasteiger partial charge on any atom is -0.481 e. The summed E-state index contributed by atoms with van der Waals surface area (Å²) in [5.41, 5.74) is 1.98. The van der Waals surface area contributed by atoms with Crippen molar-refractivity contribution in [3.8, 4) is 0 Å². The number of rotatable bonds is 4. The quantitative estimate of drug-likeness (QED) is 0.903. The highest BCUT2D eigenvalue weighted by atomic mass is 19.1. The first-order valence-corrected chi connectivity index (χ1v) is 7.72. The Morgan fingerprint density at radius 3 is 2.46 bits per heavy atom. The van der Waals surface area contributed by atoms with Crippen LogP contribution in [0.4, 0.5) is 10.1 Å². The molecule has 0 aromatic heterocycles. The summed E-state index contributed by atoms with van der Waals surface area (Å²) in [6.45, 7) is 3.26. The highest BCUT2D eigenvalue weighted by Gasteiger charge is 2.33. The number of carboxylic acids is 1. The van der Waals surface area contributed by atoms with E-state index in [9.17, 15) is 19.1 Å². The van der Waals surface area contributed by atoms with Gasteiger partial charge in [-0.05, 0) is 61.2 Å². The second-order valence-corrected chi connectivity index (χ2v) is 6.60. The van der Waals surface area contributed by atoms with E-state index in [0.29, 0.717) is 17.7 Å². The van der Waals surface area contributed by atoms with Crippen molar-refractivity contribution in [1.29, 1.82) is 0 Å². The molecule has 4 nitrogen and oxygen atoms in total. The zero-order valence-corrected chi connectivity index (χ0v) is 13.5. The molecule has 24 heavy (non-hydrogen) atoms. The van der Waals surface area contributed by atoms with E-state index in [4.69, 9.17) is 0 Å². The van der Waals surface area contributed by atoms with Crippen LogP contribution in [0.5, 0.6) is 0 Å². The van der Waals surface area contributed by atoms with E-state index < -0.39 is 11.4 Å². The minimum absolute atomic E-state index is 0.182. The lowest BCUT2D eigenvalue weighted by Crippen LogP contribution is -2.30. The molecular formula is C19H18FNO3. The molecule has 124 valence electrons.